The van der Waals surface area contributed by atoms with E-state index < -0.39 is 29.8 Å². The van der Waals surface area contributed by atoms with Gasteiger partial charge in [-0.05, 0) is 18.1 Å². The molecule has 7 heteroatoms. The van der Waals surface area contributed by atoms with Gasteiger partial charge in [0.25, 0.3) is 11.8 Å². The minimum Gasteiger partial charge on any atom is -0.415 e. The fourth-order valence-corrected chi connectivity index (χ4v) is 1.46. The summed E-state index contributed by atoms with van der Waals surface area (Å²) in [4.78, 5) is 0. The van der Waals surface area contributed by atoms with Crippen molar-refractivity contribution < 1.29 is 22.0 Å². The molecular formula is C11H8F4N2O. The molecule has 1 aromatic carbocycles. The maximum atomic E-state index is 13.7. The Balaban J connectivity index is 2.47. The highest BCUT2D eigenvalue weighted by atomic mass is 19.3. The maximum Gasteiger partial charge on any atom is 0.314 e. The van der Waals surface area contributed by atoms with E-state index in [1.165, 1.54) is 12.1 Å². The van der Waals surface area contributed by atoms with E-state index in [0.29, 0.717) is 6.42 Å². The molecule has 3 nitrogen and oxygen atoms in total. The number of hydrogen-bond donors (Lipinski definition) is 0. The summed E-state index contributed by atoms with van der Waals surface area (Å²) in [6.07, 6.45) is -2.64. The third kappa shape index (κ3) is 2.07. The zero-order valence-corrected chi connectivity index (χ0v) is 9.25. The lowest BCUT2D eigenvalue weighted by Gasteiger charge is -2.03. The summed E-state index contributed by atoms with van der Waals surface area (Å²) in [6, 6.07) is 2.57. The Labute approximate surface area is 99.4 Å². The van der Waals surface area contributed by atoms with Crippen molar-refractivity contribution in [2.24, 2.45) is 0 Å². The van der Waals surface area contributed by atoms with E-state index in [1.54, 1.807) is 6.92 Å². The first-order valence-corrected chi connectivity index (χ1v) is 5.13. The van der Waals surface area contributed by atoms with Crippen LogP contribution in [0.3, 0.4) is 0 Å². The van der Waals surface area contributed by atoms with E-state index >= 15 is 0 Å². The molecule has 0 spiro atoms. The first kappa shape index (κ1) is 12.5. The molecule has 2 aromatic rings. The van der Waals surface area contributed by atoms with Crippen LogP contribution in [0.25, 0.3) is 11.5 Å². The van der Waals surface area contributed by atoms with Crippen molar-refractivity contribution in [1.29, 1.82) is 0 Å². The number of aryl methyl sites for hydroxylation is 1. The molecule has 0 fully saturated rings. The van der Waals surface area contributed by atoms with Crippen molar-refractivity contribution in [2.45, 2.75) is 19.8 Å². The number of hydrogen-bond acceptors (Lipinski definition) is 3. The molecule has 0 N–H and O–H groups in total. The standard InChI is InChI=1S/C11H8F4N2O/c1-2-5-3-4-6(8(13)7(5)12)10-16-17-11(18-10)9(14)15/h3-4,9H,2H2,1H3. The summed E-state index contributed by atoms with van der Waals surface area (Å²) < 4.78 is 56.2. The summed E-state index contributed by atoms with van der Waals surface area (Å²) in [5.74, 6) is -3.61. The zero-order chi connectivity index (χ0) is 13.3. The summed E-state index contributed by atoms with van der Waals surface area (Å²) in [5, 5.41) is 6.31. The predicted octanol–water partition coefficient (Wildman–Crippen LogP) is 3.51. The number of nitrogens with zero attached hydrogens (tertiary/aromatic N) is 2. The highest BCUT2D eigenvalue weighted by Crippen LogP contribution is 2.27. The second kappa shape index (κ2) is 4.75. The summed E-state index contributed by atoms with van der Waals surface area (Å²) in [7, 11) is 0. The Kier molecular flexibility index (Phi) is 3.31. The number of aromatic nitrogens is 2. The number of rotatable bonds is 3. The van der Waals surface area contributed by atoms with E-state index in [2.05, 4.69) is 14.6 Å². The van der Waals surface area contributed by atoms with E-state index in [0.717, 1.165) is 0 Å². The lowest BCUT2D eigenvalue weighted by atomic mass is 10.1. The van der Waals surface area contributed by atoms with Gasteiger partial charge in [0, 0.05) is 0 Å². The van der Waals surface area contributed by atoms with E-state index in [-0.39, 0.29) is 11.1 Å². The number of halogens is 4. The van der Waals surface area contributed by atoms with E-state index in [1.807, 2.05) is 0 Å². The van der Waals surface area contributed by atoms with Crippen molar-refractivity contribution >= 4 is 0 Å². The van der Waals surface area contributed by atoms with Gasteiger partial charge in [-0.25, -0.2) is 8.78 Å². The van der Waals surface area contributed by atoms with Crippen molar-refractivity contribution in [3.8, 4) is 11.5 Å². The number of alkyl halides is 2. The van der Waals surface area contributed by atoms with Gasteiger partial charge in [-0.2, -0.15) is 8.78 Å². The quantitative estimate of drug-likeness (QED) is 0.792. The molecule has 0 aliphatic rings. The van der Waals surface area contributed by atoms with Crippen LogP contribution in [0.4, 0.5) is 17.6 Å². The van der Waals surface area contributed by atoms with Gasteiger partial charge in [-0.15, -0.1) is 10.2 Å². The molecule has 0 saturated carbocycles. The van der Waals surface area contributed by atoms with Crippen LogP contribution in [0.2, 0.25) is 0 Å². The van der Waals surface area contributed by atoms with Gasteiger partial charge >= 0.3 is 6.43 Å². The topological polar surface area (TPSA) is 38.9 Å². The van der Waals surface area contributed by atoms with Crippen molar-refractivity contribution in [1.82, 2.24) is 10.2 Å². The van der Waals surface area contributed by atoms with Crippen molar-refractivity contribution in [3.63, 3.8) is 0 Å². The fourth-order valence-electron chi connectivity index (χ4n) is 1.46. The van der Waals surface area contributed by atoms with Gasteiger partial charge in [0.2, 0.25) is 0 Å². The Bertz CT molecular complexity index is 568. The second-order valence-corrected chi connectivity index (χ2v) is 3.50. The summed E-state index contributed by atoms with van der Waals surface area (Å²) in [6.45, 7) is 1.67. The Morgan fingerprint density at radius 1 is 1.17 bits per heavy atom. The smallest absolute Gasteiger partial charge is 0.314 e. The molecule has 0 aliphatic carbocycles. The van der Waals surface area contributed by atoms with Gasteiger partial charge in [0.1, 0.15) is 0 Å². The van der Waals surface area contributed by atoms with E-state index in [9.17, 15) is 17.6 Å². The van der Waals surface area contributed by atoms with Crippen molar-refractivity contribution in [2.75, 3.05) is 0 Å². The van der Waals surface area contributed by atoms with Gasteiger partial charge in [0.05, 0.1) is 5.56 Å². The van der Waals surface area contributed by atoms with Crippen molar-refractivity contribution in [3.05, 3.63) is 35.2 Å². The molecule has 1 heterocycles. The molecule has 18 heavy (non-hydrogen) atoms. The largest absolute Gasteiger partial charge is 0.415 e. The SMILES string of the molecule is CCc1ccc(-c2nnc(C(F)F)o2)c(F)c1F. The van der Waals surface area contributed by atoms with Crippen LogP contribution in [0.5, 0.6) is 0 Å². The van der Waals surface area contributed by atoms with E-state index in [4.69, 9.17) is 0 Å². The van der Waals surface area contributed by atoms with Crippen LogP contribution < -0.4 is 0 Å². The molecule has 0 radical (unpaired) electrons. The minimum absolute atomic E-state index is 0.185. The molecule has 0 bridgehead atoms. The first-order valence-electron chi connectivity index (χ1n) is 5.13. The maximum absolute atomic E-state index is 13.7. The fraction of sp³-hybridized carbons (Fsp3) is 0.273. The highest BCUT2D eigenvalue weighted by Gasteiger charge is 2.21. The Morgan fingerprint density at radius 2 is 1.89 bits per heavy atom. The summed E-state index contributed by atoms with van der Waals surface area (Å²) in [5.41, 5.74) is -0.144. The molecule has 2 rings (SSSR count). The molecule has 0 saturated heterocycles. The van der Waals surface area contributed by atoms with Crippen LogP contribution in [0.15, 0.2) is 16.5 Å². The average Bonchev–Trinajstić information content (AvgIpc) is 2.82. The van der Waals surface area contributed by atoms with Gasteiger partial charge < -0.3 is 4.42 Å². The van der Waals surface area contributed by atoms with Crippen LogP contribution in [-0.4, -0.2) is 10.2 Å². The monoisotopic (exact) mass is 260 g/mol. The van der Waals surface area contributed by atoms with Crippen LogP contribution in [-0.2, 0) is 6.42 Å². The third-order valence-corrected chi connectivity index (χ3v) is 2.40. The Hall–Kier alpha value is -1.92. The normalized spacial score (nSPS) is 11.2. The second-order valence-electron chi connectivity index (χ2n) is 3.50. The first-order chi connectivity index (χ1) is 8.54. The molecule has 1 aromatic heterocycles. The highest BCUT2D eigenvalue weighted by molar-refractivity contribution is 5.54. The van der Waals surface area contributed by atoms with Gasteiger partial charge in [-0.1, -0.05) is 13.0 Å². The predicted molar refractivity (Wildman–Crippen MR) is 54.0 cm³/mol. The lowest BCUT2D eigenvalue weighted by Crippen LogP contribution is -1.96. The van der Waals surface area contributed by atoms with Gasteiger partial charge in [-0.3, -0.25) is 0 Å². The van der Waals surface area contributed by atoms with Crippen LogP contribution in [0, 0.1) is 11.6 Å². The molecule has 0 atom stereocenters. The molecular weight excluding hydrogens is 252 g/mol. The third-order valence-electron chi connectivity index (χ3n) is 2.40. The molecule has 0 amide bonds. The number of benzene rings is 1. The lowest BCUT2D eigenvalue weighted by molar-refractivity contribution is 0.116. The van der Waals surface area contributed by atoms with Crippen LogP contribution >= 0.6 is 0 Å². The minimum atomic E-state index is -2.95. The Morgan fingerprint density at radius 3 is 2.44 bits per heavy atom. The summed E-state index contributed by atoms with van der Waals surface area (Å²) >= 11 is 0. The zero-order valence-electron chi connectivity index (χ0n) is 9.25. The van der Waals surface area contributed by atoms with Gasteiger partial charge in [0.15, 0.2) is 11.6 Å². The molecule has 0 unspecified atom stereocenters. The average molecular weight is 260 g/mol. The molecule has 0 aliphatic heterocycles. The molecule has 96 valence electrons. The van der Waals surface area contributed by atoms with Crippen LogP contribution in [0.1, 0.15) is 24.8 Å².